The van der Waals surface area contributed by atoms with Crippen LogP contribution in [0, 0.1) is 29.0 Å². The standard InChI is InChI=1S/C39H49FN6O9S2/c1-38(2,3)21-55-37(52)42-28-10-8-6-4-5-7-9-24-16-39(24,36(51)44-57(53,54)25-12-13-25)43-32(48)31-26-19-45(17-23(26)18-46(31)34(28)49)35(50)33-41-29(20-56-33)22-11-14-30(47)27(40)15-22/h7,9,11,14-15,20,23-26,28,31,47H,4-6,8,10,12-13,16-19,21H2,1-3H3,(H,42,52)(H,43,48)(H,44,51)/b9-7-/t23-,24+,26-,28-,31-,39-/m0/s1. The number of hydrogen-bond acceptors (Lipinski definition) is 11. The van der Waals surface area contributed by atoms with E-state index in [1.165, 1.54) is 17.0 Å². The number of thiazole rings is 1. The monoisotopic (exact) mass is 828 g/mol. The van der Waals surface area contributed by atoms with Crippen molar-refractivity contribution in [3.63, 3.8) is 0 Å². The van der Waals surface area contributed by atoms with Gasteiger partial charge in [-0.2, -0.15) is 0 Å². The molecule has 7 rings (SSSR count). The molecule has 0 bridgehead atoms. The van der Waals surface area contributed by atoms with E-state index < -0.39 is 86.0 Å². The molecule has 5 aliphatic rings. The normalized spacial score (nSPS) is 28.5. The number of hydrogen-bond donors (Lipinski definition) is 4. The summed E-state index contributed by atoms with van der Waals surface area (Å²) in [6, 6.07) is 1.63. The molecule has 2 saturated carbocycles. The number of allylic oxidation sites excluding steroid dienone is 1. The maximum atomic E-state index is 14.6. The van der Waals surface area contributed by atoms with Crippen LogP contribution in [0.25, 0.3) is 11.3 Å². The van der Waals surface area contributed by atoms with Crippen molar-refractivity contribution >= 4 is 51.1 Å². The Morgan fingerprint density at radius 2 is 1.88 bits per heavy atom. The lowest BCUT2D eigenvalue weighted by Crippen LogP contribution is -2.60. The molecule has 57 heavy (non-hydrogen) atoms. The summed E-state index contributed by atoms with van der Waals surface area (Å²) in [6.45, 7) is 6.17. The van der Waals surface area contributed by atoms with Gasteiger partial charge in [-0.1, -0.05) is 45.8 Å². The number of phenols is 1. The highest BCUT2D eigenvalue weighted by Gasteiger charge is 2.63. The molecule has 5 amide bonds. The van der Waals surface area contributed by atoms with Gasteiger partial charge in [0, 0.05) is 48.3 Å². The Balaban J connectivity index is 1.16. The van der Waals surface area contributed by atoms with Gasteiger partial charge in [0.25, 0.3) is 11.8 Å². The molecular formula is C39H49FN6O9S2. The maximum Gasteiger partial charge on any atom is 0.407 e. The fourth-order valence-corrected chi connectivity index (χ4v) is 10.2. The smallest absolute Gasteiger partial charge is 0.407 e. The van der Waals surface area contributed by atoms with Crippen molar-refractivity contribution in [3.8, 4) is 17.0 Å². The number of phenolic OH excluding ortho intramolecular Hbond substituents is 1. The Hall–Kier alpha value is -4.58. The molecule has 2 aromatic rings. The molecule has 1 aromatic carbocycles. The van der Waals surface area contributed by atoms with Crippen LogP contribution in [0.3, 0.4) is 0 Å². The molecule has 2 saturated heterocycles. The van der Waals surface area contributed by atoms with E-state index in [1.54, 1.807) is 10.3 Å². The first-order chi connectivity index (χ1) is 27.0. The number of alkyl carbamates (subject to hydrolysis) is 1. The minimum atomic E-state index is -3.94. The Bertz CT molecular complexity index is 2080. The molecule has 4 heterocycles. The van der Waals surface area contributed by atoms with Crippen LogP contribution in [0.5, 0.6) is 5.75 Å². The molecule has 4 N–H and O–H groups in total. The number of fused-ring (bicyclic) bond motifs is 4. The number of nitrogens with one attached hydrogen (secondary N) is 3. The first kappa shape index (κ1) is 40.6. The summed E-state index contributed by atoms with van der Waals surface area (Å²) in [5.74, 6) is -5.13. The lowest BCUT2D eigenvalue weighted by Gasteiger charge is -2.33. The minimum absolute atomic E-state index is 0.0679. The van der Waals surface area contributed by atoms with E-state index in [0.29, 0.717) is 43.4 Å². The number of amides is 5. The SMILES string of the molecule is CC(C)(C)COC(=O)N[C@H]1CCCCC/C=C\[C@@H]2C[C@]2(C(=O)NS(=O)(=O)C2CC2)NC(=O)[C@@H]2[C@H]3CN(C(=O)c4nc(-c5ccc(O)c(F)c5)cs4)C[C@H]3CN2C1=O. The third-order valence-corrected chi connectivity index (χ3v) is 14.0. The molecule has 1 aromatic heterocycles. The first-order valence-corrected chi connectivity index (χ1v) is 21.9. The van der Waals surface area contributed by atoms with Crippen LogP contribution >= 0.6 is 11.3 Å². The molecule has 4 fully saturated rings. The molecule has 308 valence electrons. The highest BCUT2D eigenvalue weighted by Crippen LogP contribution is 2.47. The highest BCUT2D eigenvalue weighted by atomic mass is 32.2. The minimum Gasteiger partial charge on any atom is -0.505 e. The van der Waals surface area contributed by atoms with E-state index in [0.717, 1.165) is 30.2 Å². The Morgan fingerprint density at radius 3 is 2.60 bits per heavy atom. The Labute approximate surface area is 334 Å². The summed E-state index contributed by atoms with van der Waals surface area (Å²) in [4.78, 5) is 77.3. The van der Waals surface area contributed by atoms with Crippen molar-refractivity contribution < 1.29 is 46.6 Å². The average molecular weight is 829 g/mol. The van der Waals surface area contributed by atoms with Crippen molar-refractivity contribution in [1.29, 1.82) is 0 Å². The summed E-state index contributed by atoms with van der Waals surface area (Å²) in [5.41, 5.74) is -1.16. The third-order valence-electron chi connectivity index (χ3n) is 11.4. The molecule has 18 heteroatoms. The number of nitrogens with zero attached hydrogens (tertiary/aromatic N) is 3. The zero-order valence-electron chi connectivity index (χ0n) is 32.2. The number of aromatic nitrogens is 1. The Kier molecular flexibility index (Phi) is 11.1. The van der Waals surface area contributed by atoms with Gasteiger partial charge in [-0.3, -0.25) is 23.9 Å². The van der Waals surface area contributed by atoms with Gasteiger partial charge >= 0.3 is 6.09 Å². The number of likely N-dealkylation sites (tertiary alicyclic amines) is 1. The van der Waals surface area contributed by atoms with Crippen molar-refractivity contribution in [3.05, 3.63) is 46.6 Å². The van der Waals surface area contributed by atoms with E-state index in [-0.39, 0.29) is 49.0 Å². The lowest BCUT2D eigenvalue weighted by atomic mass is 9.93. The summed E-state index contributed by atoms with van der Waals surface area (Å²) in [5, 5.41) is 16.3. The summed E-state index contributed by atoms with van der Waals surface area (Å²) >= 11 is 1.07. The van der Waals surface area contributed by atoms with E-state index in [4.69, 9.17) is 4.74 Å². The van der Waals surface area contributed by atoms with Crippen LogP contribution in [0.15, 0.2) is 35.7 Å². The summed E-state index contributed by atoms with van der Waals surface area (Å²) in [7, 11) is -3.94. The van der Waals surface area contributed by atoms with Crippen LogP contribution < -0.4 is 15.4 Å². The van der Waals surface area contributed by atoms with Gasteiger partial charge in [0.15, 0.2) is 16.6 Å². The number of ether oxygens (including phenoxy) is 1. The molecule has 2 aliphatic carbocycles. The van der Waals surface area contributed by atoms with E-state index >= 15 is 0 Å². The number of halogens is 1. The largest absolute Gasteiger partial charge is 0.505 e. The van der Waals surface area contributed by atoms with E-state index in [9.17, 15) is 41.9 Å². The number of carbonyl (C=O) groups excluding carboxylic acids is 5. The van der Waals surface area contributed by atoms with E-state index in [1.807, 2.05) is 32.9 Å². The molecule has 0 radical (unpaired) electrons. The number of rotatable bonds is 7. The van der Waals surface area contributed by atoms with Crippen molar-refractivity contribution in [2.24, 2.45) is 23.2 Å². The second-order valence-electron chi connectivity index (χ2n) is 17.1. The number of carbonyl (C=O) groups is 5. The van der Waals surface area contributed by atoms with Gasteiger partial charge in [0.05, 0.1) is 17.6 Å². The van der Waals surface area contributed by atoms with Crippen molar-refractivity contribution in [2.75, 3.05) is 26.2 Å². The summed E-state index contributed by atoms with van der Waals surface area (Å²) in [6.07, 6.45) is 7.13. The Morgan fingerprint density at radius 1 is 1.11 bits per heavy atom. The molecule has 0 spiro atoms. The van der Waals surface area contributed by atoms with Crippen molar-refractivity contribution in [2.45, 2.75) is 95.0 Å². The van der Waals surface area contributed by atoms with Crippen LogP contribution in [0.1, 0.15) is 81.9 Å². The number of benzene rings is 1. The maximum absolute atomic E-state index is 14.6. The molecule has 6 atom stereocenters. The lowest BCUT2D eigenvalue weighted by molar-refractivity contribution is -0.142. The highest BCUT2D eigenvalue weighted by molar-refractivity contribution is 7.91. The van der Waals surface area contributed by atoms with E-state index in [2.05, 4.69) is 20.3 Å². The quantitative estimate of drug-likeness (QED) is 0.298. The molecular weight excluding hydrogens is 780 g/mol. The topological polar surface area (TPSA) is 204 Å². The number of aromatic hydroxyl groups is 1. The first-order valence-electron chi connectivity index (χ1n) is 19.5. The molecule has 0 unspecified atom stereocenters. The third kappa shape index (κ3) is 8.81. The zero-order valence-corrected chi connectivity index (χ0v) is 33.8. The van der Waals surface area contributed by atoms with Gasteiger partial charge in [0.2, 0.25) is 21.8 Å². The predicted molar refractivity (Wildman–Crippen MR) is 207 cm³/mol. The molecule has 15 nitrogen and oxygen atoms in total. The predicted octanol–water partition coefficient (Wildman–Crippen LogP) is 3.70. The van der Waals surface area contributed by atoms with Gasteiger partial charge in [-0.05, 0) is 62.1 Å². The number of sulfonamides is 1. The van der Waals surface area contributed by atoms with Gasteiger partial charge < -0.3 is 30.3 Å². The van der Waals surface area contributed by atoms with Crippen LogP contribution in [-0.2, 0) is 29.1 Å². The van der Waals surface area contributed by atoms with Crippen LogP contribution in [0.4, 0.5) is 9.18 Å². The average Bonchev–Trinajstić information content (AvgIpc) is 3.97. The van der Waals surface area contributed by atoms with Crippen LogP contribution in [0.2, 0.25) is 0 Å². The van der Waals surface area contributed by atoms with Gasteiger partial charge in [-0.25, -0.2) is 22.6 Å². The molecule has 3 aliphatic heterocycles. The second-order valence-corrected chi connectivity index (χ2v) is 19.9. The van der Waals surface area contributed by atoms with Gasteiger partial charge in [-0.15, -0.1) is 11.3 Å². The summed E-state index contributed by atoms with van der Waals surface area (Å²) < 4.78 is 47.5. The second kappa shape index (κ2) is 15.6. The van der Waals surface area contributed by atoms with Crippen molar-refractivity contribution in [1.82, 2.24) is 30.1 Å². The van der Waals surface area contributed by atoms with Crippen LogP contribution in [-0.4, -0.2) is 107 Å². The van der Waals surface area contributed by atoms with Gasteiger partial charge in [0.1, 0.15) is 17.6 Å². The zero-order chi connectivity index (χ0) is 40.9. The fourth-order valence-electron chi connectivity index (χ4n) is 8.01. The fraction of sp³-hybridized carbons (Fsp3) is 0.590.